The second-order valence-corrected chi connectivity index (χ2v) is 41.6. The smallest absolute Gasteiger partial charge is 0.455 e. The predicted molar refractivity (Wildman–Crippen MR) is 457 cm³/mol. The van der Waals surface area contributed by atoms with Gasteiger partial charge in [0.2, 0.25) is 0 Å². The number of allylic oxidation sites excluding steroid dienone is 4. The maximum absolute atomic E-state index is 16.7. The zero-order valence-electron chi connectivity index (χ0n) is 66.7. The fourth-order valence-electron chi connectivity index (χ4n) is 12.7. The summed E-state index contributed by atoms with van der Waals surface area (Å²) in [6, 6.07) is 45.0. The Morgan fingerprint density at radius 3 is 1.04 bits per heavy atom. The summed E-state index contributed by atoms with van der Waals surface area (Å²) in [5.41, 5.74) is -4.66. The van der Waals surface area contributed by atoms with Gasteiger partial charge >= 0.3 is 54.4 Å². The monoisotopic (exact) mass is 1740 g/mol. The van der Waals surface area contributed by atoms with Gasteiger partial charge in [-0.05, 0) is 132 Å². The van der Waals surface area contributed by atoms with Gasteiger partial charge in [-0.25, -0.2) is 4.39 Å². The van der Waals surface area contributed by atoms with Crippen LogP contribution < -0.4 is 18.9 Å². The van der Waals surface area contributed by atoms with Crippen LogP contribution in [0.5, 0.6) is 0 Å². The van der Waals surface area contributed by atoms with E-state index in [1.54, 1.807) is 54.6 Å². The Morgan fingerprint density at radius 2 is 0.684 bits per heavy atom. The molecular formula is C91H93BrF13LiO2S6. The summed E-state index contributed by atoms with van der Waals surface area (Å²) in [5.74, 6) is -36.7. The average molecular weight is 1740 g/mol. The first-order chi connectivity index (χ1) is 51.6. The van der Waals surface area contributed by atoms with Crippen molar-refractivity contribution < 1.29 is 84.8 Å². The molecule has 4 aromatic carbocycles. The van der Waals surface area contributed by atoms with Gasteiger partial charge in [-0.1, -0.05) is 230 Å². The van der Waals surface area contributed by atoms with Gasteiger partial charge in [0.25, 0.3) is 0 Å². The molecule has 0 fully saturated rings. The largest absolute Gasteiger partial charge is 1.00 e. The number of rotatable bonds is 10. The third-order valence-electron chi connectivity index (χ3n) is 19.3. The number of unbranched alkanes of at least 4 members (excludes halogenated alkanes) is 1. The molecule has 2 nitrogen and oxygen atoms in total. The molecule has 0 radical (unpaired) electrons. The van der Waals surface area contributed by atoms with Crippen LogP contribution in [0.1, 0.15) is 199 Å². The van der Waals surface area contributed by atoms with Crippen molar-refractivity contribution in [2.45, 2.75) is 220 Å². The van der Waals surface area contributed by atoms with E-state index in [9.17, 15) is 30.7 Å². The first-order valence-corrected chi connectivity index (χ1v) is 42.2. The van der Waals surface area contributed by atoms with E-state index in [0.29, 0.717) is 15.3 Å². The number of para-hydroxylation sites is 2. The molecule has 0 aliphatic heterocycles. The Kier molecular flexibility index (Phi) is 26.1. The molecule has 2 aliphatic carbocycles. The van der Waals surface area contributed by atoms with E-state index in [2.05, 4.69) is 122 Å². The molecule has 0 unspecified atom stereocenters. The van der Waals surface area contributed by atoms with Crippen LogP contribution in [0.15, 0.2) is 177 Å². The number of benzene rings is 4. The van der Waals surface area contributed by atoms with Gasteiger partial charge in [0.05, 0.1) is 15.3 Å². The van der Waals surface area contributed by atoms with E-state index in [1.807, 2.05) is 115 Å². The molecule has 0 saturated heterocycles. The molecular weight excluding hydrogens is 1650 g/mol. The maximum Gasteiger partial charge on any atom is 1.00 e. The second-order valence-electron chi connectivity index (χ2n) is 34.3. The van der Waals surface area contributed by atoms with Crippen molar-refractivity contribution in [3.63, 3.8) is 0 Å². The number of fused-ring (bicyclic) bond motifs is 2. The van der Waals surface area contributed by atoms with E-state index < -0.39 is 69.2 Å². The normalized spacial score (nSPS) is 16.4. The van der Waals surface area contributed by atoms with Gasteiger partial charge < -0.3 is 15.8 Å². The molecule has 0 saturated carbocycles. The van der Waals surface area contributed by atoms with E-state index >= 15 is 26.3 Å². The van der Waals surface area contributed by atoms with Gasteiger partial charge in [0.1, 0.15) is 22.7 Å². The Morgan fingerprint density at radius 1 is 0.368 bits per heavy atom. The van der Waals surface area contributed by atoms with Crippen LogP contribution in [0.25, 0.3) is 100 Å². The minimum Gasteiger partial charge on any atom is -0.455 e. The number of thiophene rings is 6. The van der Waals surface area contributed by atoms with E-state index in [-0.39, 0.29) is 108 Å². The number of halogens is 14. The Bertz CT molecular complexity index is 5490. The minimum absolute atomic E-state index is 0. The van der Waals surface area contributed by atoms with Crippen LogP contribution in [-0.4, -0.2) is 35.5 Å². The first-order valence-electron chi connectivity index (χ1n) is 36.5. The zero-order chi connectivity index (χ0) is 82.8. The van der Waals surface area contributed by atoms with E-state index in [1.165, 1.54) is 117 Å². The molecule has 8 heterocycles. The second kappa shape index (κ2) is 32.5. The number of hydrogen-bond acceptors (Lipinski definition) is 8. The van der Waals surface area contributed by atoms with Crippen LogP contribution in [0.3, 0.4) is 0 Å². The summed E-state index contributed by atoms with van der Waals surface area (Å²) >= 11 is 13.4. The van der Waals surface area contributed by atoms with Crippen molar-refractivity contribution in [1.29, 1.82) is 0 Å². The van der Waals surface area contributed by atoms with Crippen molar-refractivity contribution >= 4 is 123 Å². The molecule has 114 heavy (non-hydrogen) atoms. The van der Waals surface area contributed by atoms with Crippen LogP contribution in [-0.2, 0) is 32.5 Å². The van der Waals surface area contributed by atoms with Crippen molar-refractivity contribution in [2.75, 3.05) is 0 Å². The van der Waals surface area contributed by atoms with Gasteiger partial charge in [-0.15, -0.1) is 68.0 Å². The Balaban J connectivity index is 0.000000207. The third-order valence-corrected chi connectivity index (χ3v) is 29.3. The fraction of sp³-hybridized carbons (Fsp3) is 0.374. The average Bonchev–Trinajstić information content (AvgIpc) is 1.53. The number of furan rings is 2. The van der Waals surface area contributed by atoms with Gasteiger partial charge in [-0.3, -0.25) is 0 Å². The molecule has 0 amide bonds. The Hall–Kier alpha value is -6.19. The summed E-state index contributed by atoms with van der Waals surface area (Å²) in [4.78, 5) is 12.3. The molecule has 14 rings (SSSR count). The van der Waals surface area contributed by atoms with Gasteiger partial charge in [0.15, 0.2) is 5.83 Å². The van der Waals surface area contributed by atoms with Crippen molar-refractivity contribution in [3.8, 4) is 61.7 Å². The molecule has 604 valence electrons. The molecule has 23 heteroatoms. The van der Waals surface area contributed by atoms with Crippen LogP contribution in [0, 0.1) is 6.92 Å². The fourth-order valence-corrected chi connectivity index (χ4v) is 20.6. The minimum atomic E-state index is -5.93. The van der Waals surface area contributed by atoms with Crippen LogP contribution in [0.2, 0.25) is 0 Å². The van der Waals surface area contributed by atoms with E-state index in [0.717, 1.165) is 43.5 Å². The topological polar surface area (TPSA) is 26.3 Å². The Labute approximate surface area is 705 Å². The van der Waals surface area contributed by atoms with Crippen LogP contribution >= 0.6 is 84.0 Å². The van der Waals surface area contributed by atoms with Gasteiger partial charge in [0, 0.05) is 103 Å². The molecule has 0 atom stereocenters. The SMILES string of the molecule is C.CC(C)(C)c1ccc(-c2cc(Br)c(-c3ccc(C(C)(C)C)s3)s2)s1.CC(C)(C)c1ccc(-c2oc3ccccc3c2C2=C(F)C(F)(F)C(F)(F)C2(F)F)cc1.CC(C)(C)c1ccc(-c2oc3ccccc3c2C2=C(c3cc(-c4ccc(C(C)(C)C)s4)sc3-c3ccc(C(C)(C)C)s3)C(F)(F)C(F)(F)C2(F)F)cc1.[CH2-]CCC.[Li+]. The summed E-state index contributed by atoms with van der Waals surface area (Å²) < 4.78 is 211. The third kappa shape index (κ3) is 17.1. The predicted octanol–water partition coefficient (Wildman–Crippen LogP) is 31.2. The van der Waals surface area contributed by atoms with Crippen molar-refractivity contribution in [2.24, 2.45) is 0 Å². The number of alkyl halides is 12. The van der Waals surface area contributed by atoms with Crippen molar-refractivity contribution in [3.05, 3.63) is 222 Å². The summed E-state index contributed by atoms with van der Waals surface area (Å²) in [6.45, 7) is 43.4. The summed E-state index contributed by atoms with van der Waals surface area (Å²) in [6.07, 6.45) is 2.28. The number of hydrogen-bond donors (Lipinski definition) is 0. The molecule has 12 aromatic rings. The standard InChI is InChI=1S/C43H40F6OS3.C23H17F7O.C20H23BrS3.C4H9.CH4.Li/c1-38(2,3)24-16-14-23(15-17-24)36-33(25-12-10-11-13-27(25)50-36)35-34(41(44,45)43(48,49)42(35,46)47)26-22-30(28-18-20-31(51-28)39(4,5)6)53-37(26)29-19-21-32(52-29)40(7,8)9;1-20(2,3)13-10-8-12(9-11-13)18-16(14-6-4-5-7-15(14)31-18)17-19(24)22(27,28)23(29,30)21(17,25)26;1-19(2,3)16-9-7-13(22-16)15-11-12(21)18(24-15)14-8-10-17(23-14)20(4,5)6;1-3-4-2;;/h10-22H,1-9H3;4-11H,1-3H3;7-11H,1-6H3;1,3-4H2,2H3;1H4;/q;;;-1;;+1. The molecule has 0 spiro atoms. The molecule has 8 aromatic heterocycles. The maximum atomic E-state index is 16.7. The summed E-state index contributed by atoms with van der Waals surface area (Å²) in [5, 5.41) is -0.130. The van der Waals surface area contributed by atoms with Crippen LogP contribution in [0.4, 0.5) is 57.1 Å². The molecule has 0 bridgehead atoms. The quantitative estimate of drug-likeness (QED) is 0.0775. The van der Waals surface area contributed by atoms with Crippen molar-refractivity contribution in [1.82, 2.24) is 0 Å². The zero-order valence-corrected chi connectivity index (χ0v) is 73.2. The van der Waals surface area contributed by atoms with E-state index in [4.69, 9.17) is 8.83 Å². The molecule has 2 aliphatic rings. The summed E-state index contributed by atoms with van der Waals surface area (Å²) in [7, 11) is 0. The first kappa shape index (κ1) is 91.7. The molecule has 0 N–H and O–H groups in total. The van der Waals surface area contributed by atoms with Gasteiger partial charge in [-0.2, -0.15) is 59.1 Å².